The number of esters is 1. The highest BCUT2D eigenvalue weighted by molar-refractivity contribution is 6.36. The fraction of sp³-hybridized carbons (Fsp3) is 0.0667. The van der Waals surface area contributed by atoms with Crippen LogP contribution in [0.1, 0.15) is 32.0 Å². The van der Waals surface area contributed by atoms with E-state index < -0.39 is 11.9 Å². The Morgan fingerprint density at radius 2 is 1.63 bits per heavy atom. The maximum absolute atomic E-state index is 13.5. The van der Waals surface area contributed by atoms with Crippen LogP contribution in [-0.2, 0) is 6.54 Å². The molecule has 1 N–H and O–H groups in total. The van der Waals surface area contributed by atoms with Gasteiger partial charge in [0.05, 0.1) is 33.2 Å². The topological polar surface area (TPSA) is 86.1 Å². The molecule has 41 heavy (non-hydrogen) atoms. The minimum absolute atomic E-state index is 0.0385. The smallest absolute Gasteiger partial charge is 0.345 e. The summed E-state index contributed by atoms with van der Waals surface area (Å²) in [5, 5.41) is 9.17. The third kappa shape index (κ3) is 6.24. The highest BCUT2D eigenvalue weighted by Gasteiger charge is 2.24. The second kappa shape index (κ2) is 12.3. The molecule has 3 aromatic carbocycles. The number of hydrogen-bond donors (Lipinski definition) is 1. The van der Waals surface area contributed by atoms with Crippen molar-refractivity contribution < 1.29 is 14.3 Å². The lowest BCUT2D eigenvalue weighted by Crippen LogP contribution is -2.24. The van der Waals surface area contributed by atoms with Crippen molar-refractivity contribution in [3.63, 3.8) is 0 Å². The molecule has 0 fully saturated rings. The summed E-state index contributed by atoms with van der Waals surface area (Å²) in [5.41, 5.74) is 3.54. The predicted octanol–water partition coefficient (Wildman–Crippen LogP) is 8.01. The summed E-state index contributed by atoms with van der Waals surface area (Å²) < 4.78 is 7.16. The molecular weight excluding hydrogens is 606 g/mol. The fourth-order valence-corrected chi connectivity index (χ4v) is 5.00. The molecule has 11 heteroatoms. The molecule has 206 valence electrons. The lowest BCUT2D eigenvalue weighted by molar-refractivity contribution is 0.0732. The Morgan fingerprint density at radius 3 is 2.37 bits per heavy atom. The maximum atomic E-state index is 13.5. The van der Waals surface area contributed by atoms with Gasteiger partial charge in [0.1, 0.15) is 0 Å². The van der Waals surface area contributed by atoms with Gasteiger partial charge in [-0.25, -0.2) is 9.48 Å². The Bertz CT molecular complexity index is 1770. The van der Waals surface area contributed by atoms with Crippen molar-refractivity contribution >= 4 is 58.3 Å². The first-order valence-electron chi connectivity index (χ1n) is 12.2. The van der Waals surface area contributed by atoms with Crippen LogP contribution >= 0.6 is 46.4 Å². The van der Waals surface area contributed by atoms with E-state index in [0.29, 0.717) is 37.6 Å². The van der Waals surface area contributed by atoms with Gasteiger partial charge in [0, 0.05) is 39.5 Å². The predicted molar refractivity (Wildman–Crippen MR) is 161 cm³/mol. The molecule has 0 unspecified atom stereocenters. The van der Waals surface area contributed by atoms with Gasteiger partial charge in [-0.15, -0.1) is 0 Å². The summed E-state index contributed by atoms with van der Waals surface area (Å²) in [7, 11) is 0. The Balaban J connectivity index is 1.44. The average molecular weight is 626 g/mol. The van der Waals surface area contributed by atoms with Gasteiger partial charge in [-0.1, -0.05) is 70.7 Å². The zero-order valence-electron chi connectivity index (χ0n) is 21.4. The summed E-state index contributed by atoms with van der Waals surface area (Å²) in [5.74, 6) is -0.894. The van der Waals surface area contributed by atoms with Crippen LogP contribution in [0.4, 0.5) is 0 Å². The summed E-state index contributed by atoms with van der Waals surface area (Å²) in [4.78, 5) is 30.2. The third-order valence-electron chi connectivity index (χ3n) is 6.20. The highest BCUT2D eigenvalue weighted by atomic mass is 35.5. The molecule has 0 aliphatic heterocycles. The second-order valence-corrected chi connectivity index (χ2v) is 10.6. The van der Waals surface area contributed by atoms with Crippen LogP contribution in [0.2, 0.25) is 20.1 Å². The van der Waals surface area contributed by atoms with Crippen molar-refractivity contribution in [3.8, 4) is 22.7 Å². The lowest BCUT2D eigenvalue weighted by atomic mass is 10.1. The molecule has 1 amide bonds. The van der Waals surface area contributed by atoms with Crippen molar-refractivity contribution in [2.75, 3.05) is 0 Å². The number of aromatic nitrogens is 3. The van der Waals surface area contributed by atoms with Gasteiger partial charge in [0.2, 0.25) is 0 Å². The molecule has 2 aromatic heterocycles. The maximum Gasteiger partial charge on any atom is 0.345 e. The molecule has 0 atom stereocenters. The number of nitrogens with zero attached hydrogens (tertiary/aromatic N) is 3. The van der Waals surface area contributed by atoms with Crippen LogP contribution in [0.5, 0.6) is 5.75 Å². The van der Waals surface area contributed by atoms with E-state index in [-0.39, 0.29) is 28.6 Å². The summed E-state index contributed by atoms with van der Waals surface area (Å²) in [6.45, 7) is 1.84. The number of carbonyl (C=O) groups is 2. The average Bonchev–Trinajstić information content (AvgIpc) is 3.29. The molecule has 0 bridgehead atoms. The van der Waals surface area contributed by atoms with Crippen LogP contribution in [0.25, 0.3) is 16.9 Å². The Kier molecular flexibility index (Phi) is 8.61. The number of rotatable bonds is 7. The first-order chi connectivity index (χ1) is 19.7. The van der Waals surface area contributed by atoms with E-state index in [1.54, 1.807) is 72.3 Å². The van der Waals surface area contributed by atoms with Crippen LogP contribution in [0, 0.1) is 6.92 Å². The lowest BCUT2D eigenvalue weighted by Gasteiger charge is -2.11. The minimum atomic E-state index is -0.641. The number of hydrogen-bond acceptors (Lipinski definition) is 5. The van der Waals surface area contributed by atoms with Crippen molar-refractivity contribution in [1.29, 1.82) is 0 Å². The van der Waals surface area contributed by atoms with E-state index in [2.05, 4.69) is 15.4 Å². The molecule has 0 saturated heterocycles. The first-order valence-corrected chi connectivity index (χ1v) is 13.7. The van der Waals surface area contributed by atoms with Crippen molar-refractivity contribution in [2.24, 2.45) is 0 Å². The number of nitrogens with one attached hydrogen (secondary N) is 1. The second-order valence-electron chi connectivity index (χ2n) is 8.87. The SMILES string of the molecule is Cc1c(C(=O)NCc2ccncc2OC(=O)c2ccccc2Cl)nn(-c2ccc(Cl)cc2Cl)c1-c1ccc(Cl)cc1. The number of benzene rings is 3. The van der Waals surface area contributed by atoms with Gasteiger partial charge in [-0.05, 0) is 55.5 Å². The van der Waals surface area contributed by atoms with E-state index in [0.717, 1.165) is 5.56 Å². The van der Waals surface area contributed by atoms with Crippen LogP contribution < -0.4 is 10.1 Å². The van der Waals surface area contributed by atoms with Crippen LogP contribution in [0.15, 0.2) is 85.2 Å². The monoisotopic (exact) mass is 624 g/mol. The summed E-state index contributed by atoms with van der Waals surface area (Å²) in [6, 6.07) is 20.4. The molecule has 0 aliphatic rings. The van der Waals surface area contributed by atoms with E-state index in [1.807, 2.05) is 12.1 Å². The van der Waals surface area contributed by atoms with Crippen molar-refractivity contribution in [3.05, 3.63) is 128 Å². The minimum Gasteiger partial charge on any atom is -0.421 e. The molecule has 0 aliphatic carbocycles. The Labute approximate surface area is 255 Å². The number of halogens is 4. The number of pyridine rings is 1. The van der Waals surface area contributed by atoms with E-state index in [4.69, 9.17) is 51.1 Å². The van der Waals surface area contributed by atoms with Gasteiger partial charge in [-0.3, -0.25) is 9.78 Å². The molecule has 5 rings (SSSR count). The van der Waals surface area contributed by atoms with Gasteiger partial charge >= 0.3 is 5.97 Å². The van der Waals surface area contributed by atoms with Gasteiger partial charge in [0.25, 0.3) is 5.91 Å². The molecule has 2 heterocycles. The molecule has 0 spiro atoms. The summed E-state index contributed by atoms with van der Waals surface area (Å²) >= 11 is 24.9. The highest BCUT2D eigenvalue weighted by Crippen LogP contribution is 2.33. The van der Waals surface area contributed by atoms with Gasteiger partial charge in [-0.2, -0.15) is 5.10 Å². The Morgan fingerprint density at radius 1 is 0.902 bits per heavy atom. The molecule has 0 saturated carbocycles. The Hall–Kier alpha value is -3.88. The molecule has 5 aromatic rings. The van der Waals surface area contributed by atoms with Gasteiger partial charge in [0.15, 0.2) is 11.4 Å². The van der Waals surface area contributed by atoms with E-state index >= 15 is 0 Å². The van der Waals surface area contributed by atoms with Gasteiger partial charge < -0.3 is 10.1 Å². The first kappa shape index (κ1) is 28.6. The fourth-order valence-electron chi connectivity index (χ4n) is 4.17. The quantitative estimate of drug-likeness (QED) is 0.185. The standard InChI is InChI=1S/C30H20Cl4N4O3/c1-17-27(37-38(25-11-10-21(32)14-24(25)34)28(17)18-6-8-20(31)9-7-18)29(39)36-15-19-12-13-35-16-26(19)41-30(40)22-4-2-3-5-23(22)33/h2-14,16H,15H2,1H3,(H,36,39). The van der Waals surface area contributed by atoms with Crippen molar-refractivity contribution in [1.82, 2.24) is 20.1 Å². The molecule has 0 radical (unpaired) electrons. The zero-order valence-corrected chi connectivity index (χ0v) is 24.4. The summed E-state index contributed by atoms with van der Waals surface area (Å²) in [6.07, 6.45) is 2.94. The largest absolute Gasteiger partial charge is 0.421 e. The molecular formula is C30H20Cl4N4O3. The molecule has 7 nitrogen and oxygen atoms in total. The third-order valence-corrected chi connectivity index (χ3v) is 7.32. The van der Waals surface area contributed by atoms with E-state index in [1.165, 1.54) is 12.4 Å². The number of amides is 1. The van der Waals surface area contributed by atoms with Crippen LogP contribution in [-0.4, -0.2) is 26.6 Å². The normalized spacial score (nSPS) is 10.9. The van der Waals surface area contributed by atoms with E-state index in [9.17, 15) is 9.59 Å². The zero-order chi connectivity index (χ0) is 29.1. The number of carbonyl (C=O) groups excluding carboxylic acids is 2. The van der Waals surface area contributed by atoms with Crippen LogP contribution in [0.3, 0.4) is 0 Å². The van der Waals surface area contributed by atoms with Crippen molar-refractivity contribution in [2.45, 2.75) is 13.5 Å². The number of ether oxygens (including phenoxy) is 1.